The number of nitrogens with one attached hydrogen (secondary N) is 2. The van der Waals surface area contributed by atoms with Crippen molar-refractivity contribution >= 4 is 34.3 Å². The van der Waals surface area contributed by atoms with Gasteiger partial charge in [-0.05, 0) is 19.1 Å². The second-order valence-electron chi connectivity index (χ2n) is 6.81. The highest BCUT2D eigenvalue weighted by Gasteiger charge is 2.18. The van der Waals surface area contributed by atoms with Gasteiger partial charge in [-0.1, -0.05) is 23.4 Å². The molecule has 0 unspecified atom stereocenters. The predicted octanol–water partition coefficient (Wildman–Crippen LogP) is 0.882. The van der Waals surface area contributed by atoms with Crippen molar-refractivity contribution in [1.82, 2.24) is 30.2 Å². The maximum Gasteiger partial charge on any atom is 0.315 e. The molecule has 0 saturated heterocycles. The number of pyridine rings is 1. The number of para-hydroxylation sites is 1. The molecule has 0 aliphatic heterocycles. The molecule has 3 aromatic heterocycles. The summed E-state index contributed by atoms with van der Waals surface area (Å²) in [7, 11) is 1.45. The topological polar surface area (TPSA) is 171 Å². The minimum Gasteiger partial charge on any atom is -0.366 e. The molecule has 0 saturated carbocycles. The third-order valence-corrected chi connectivity index (χ3v) is 4.60. The molecule has 4 aromatic rings. The molecular formula is C20H18N8O4. The molecule has 1 aromatic carbocycles. The molecule has 32 heavy (non-hydrogen) atoms. The van der Waals surface area contributed by atoms with E-state index in [9.17, 15) is 14.4 Å². The molecule has 3 amide bonds. The number of hydrogen-bond acceptors (Lipinski definition) is 8. The number of hydrogen-bond donors (Lipinski definition) is 3. The number of carbonyl (C=O) groups is 3. The number of amides is 3. The lowest BCUT2D eigenvalue weighted by molar-refractivity contribution is 0.0918. The van der Waals surface area contributed by atoms with Crippen LogP contribution in [0.5, 0.6) is 0 Å². The zero-order valence-electron chi connectivity index (χ0n) is 17.1. The summed E-state index contributed by atoms with van der Waals surface area (Å²) in [5.41, 5.74) is 7.16. The minimum absolute atomic E-state index is 0.0398. The van der Waals surface area contributed by atoms with Crippen molar-refractivity contribution in [3.05, 3.63) is 65.2 Å². The van der Waals surface area contributed by atoms with Gasteiger partial charge in [0.1, 0.15) is 12.2 Å². The summed E-state index contributed by atoms with van der Waals surface area (Å²) in [6, 6.07) is 8.28. The predicted molar refractivity (Wildman–Crippen MR) is 112 cm³/mol. The van der Waals surface area contributed by atoms with Gasteiger partial charge < -0.3 is 20.9 Å². The molecule has 4 N–H and O–H groups in total. The molecule has 162 valence electrons. The van der Waals surface area contributed by atoms with Gasteiger partial charge in [-0.25, -0.2) is 4.98 Å². The molecule has 0 spiro atoms. The number of nitrogens with two attached hydrogens (primary N) is 1. The fourth-order valence-corrected chi connectivity index (χ4v) is 3.07. The van der Waals surface area contributed by atoms with Crippen molar-refractivity contribution in [1.29, 1.82) is 0 Å². The number of carbonyl (C=O) groups excluding carboxylic acids is 3. The lowest BCUT2D eigenvalue weighted by Crippen LogP contribution is -2.18. The number of aryl methyl sites for hydroxylation is 1. The zero-order valence-corrected chi connectivity index (χ0v) is 17.1. The summed E-state index contributed by atoms with van der Waals surface area (Å²) >= 11 is 0. The van der Waals surface area contributed by atoms with Crippen molar-refractivity contribution in [3.8, 4) is 0 Å². The van der Waals surface area contributed by atoms with Crippen LogP contribution >= 0.6 is 0 Å². The van der Waals surface area contributed by atoms with E-state index in [4.69, 9.17) is 10.3 Å². The van der Waals surface area contributed by atoms with Crippen molar-refractivity contribution < 1.29 is 18.9 Å². The Hall–Kier alpha value is -4.61. The third kappa shape index (κ3) is 4.01. The van der Waals surface area contributed by atoms with E-state index < -0.39 is 17.7 Å². The summed E-state index contributed by atoms with van der Waals surface area (Å²) in [6.45, 7) is 1.83. The van der Waals surface area contributed by atoms with Gasteiger partial charge in [-0.2, -0.15) is 10.1 Å². The van der Waals surface area contributed by atoms with Gasteiger partial charge in [0.05, 0.1) is 22.5 Å². The highest BCUT2D eigenvalue weighted by atomic mass is 16.5. The molecule has 3 heterocycles. The normalized spacial score (nSPS) is 10.8. The monoisotopic (exact) mass is 434 g/mol. The van der Waals surface area contributed by atoms with Crippen molar-refractivity contribution in [2.45, 2.75) is 13.5 Å². The van der Waals surface area contributed by atoms with E-state index in [1.807, 2.05) is 0 Å². The first kappa shape index (κ1) is 20.7. The number of rotatable bonds is 6. The average Bonchev–Trinajstić information content (AvgIpc) is 3.38. The Morgan fingerprint density at radius 2 is 1.94 bits per heavy atom. The Bertz CT molecular complexity index is 1360. The van der Waals surface area contributed by atoms with Crippen LogP contribution in [0.25, 0.3) is 10.9 Å². The number of aromatic nitrogens is 5. The lowest BCUT2D eigenvalue weighted by atomic mass is 10.1. The van der Waals surface area contributed by atoms with E-state index in [1.54, 1.807) is 37.4 Å². The number of primary amides is 1. The van der Waals surface area contributed by atoms with Crippen LogP contribution in [0.15, 0.2) is 41.1 Å². The standard InChI is InChI=1S/C20H18N8O4/c1-10-15(8-28(26-10)9-16-25-20(32-27-16)19(31)22-2)24-18(30)14-7-12(17(21)29)11-5-3-4-6-13(11)23-14/h3-8H,9H2,1-2H3,(H2,21,29)(H,22,31)(H,24,30). The van der Waals surface area contributed by atoms with E-state index in [0.717, 1.165) is 0 Å². The Morgan fingerprint density at radius 1 is 1.16 bits per heavy atom. The maximum absolute atomic E-state index is 12.8. The lowest BCUT2D eigenvalue weighted by Gasteiger charge is -2.07. The van der Waals surface area contributed by atoms with E-state index >= 15 is 0 Å². The Balaban J connectivity index is 1.55. The van der Waals surface area contributed by atoms with Gasteiger partial charge in [0.25, 0.3) is 5.91 Å². The van der Waals surface area contributed by atoms with Gasteiger partial charge in [0.2, 0.25) is 5.91 Å². The maximum atomic E-state index is 12.8. The summed E-state index contributed by atoms with van der Waals surface area (Å²) in [5, 5.41) is 13.7. The van der Waals surface area contributed by atoms with Gasteiger partial charge in [-0.15, -0.1) is 0 Å². The van der Waals surface area contributed by atoms with Crippen LogP contribution in [0.2, 0.25) is 0 Å². The van der Waals surface area contributed by atoms with E-state index in [0.29, 0.717) is 22.3 Å². The van der Waals surface area contributed by atoms with E-state index in [1.165, 1.54) is 17.8 Å². The Morgan fingerprint density at radius 3 is 2.69 bits per heavy atom. The fourth-order valence-electron chi connectivity index (χ4n) is 3.07. The van der Waals surface area contributed by atoms with Crippen LogP contribution in [0.3, 0.4) is 0 Å². The summed E-state index contributed by atoms with van der Waals surface area (Å²) in [4.78, 5) is 44.5. The first-order valence-corrected chi connectivity index (χ1v) is 9.45. The molecule has 4 rings (SSSR count). The Labute approximate surface area is 180 Å². The number of benzene rings is 1. The van der Waals surface area contributed by atoms with E-state index in [2.05, 4.69) is 30.9 Å². The van der Waals surface area contributed by atoms with E-state index in [-0.39, 0.29) is 29.5 Å². The number of nitrogens with zero attached hydrogens (tertiary/aromatic N) is 5. The van der Waals surface area contributed by atoms with Gasteiger partial charge in [0, 0.05) is 18.6 Å². The summed E-state index contributed by atoms with van der Waals surface area (Å²) < 4.78 is 6.38. The largest absolute Gasteiger partial charge is 0.366 e. The third-order valence-electron chi connectivity index (χ3n) is 4.60. The molecule has 0 bridgehead atoms. The molecule has 0 aliphatic rings. The quantitative estimate of drug-likeness (QED) is 0.401. The Kier molecular flexibility index (Phi) is 5.33. The first-order chi connectivity index (χ1) is 15.4. The fraction of sp³-hybridized carbons (Fsp3) is 0.150. The van der Waals surface area contributed by atoms with Crippen LogP contribution in [-0.2, 0) is 6.54 Å². The molecule has 0 radical (unpaired) electrons. The molecule has 0 aliphatic carbocycles. The smallest absolute Gasteiger partial charge is 0.315 e. The van der Waals surface area contributed by atoms with Crippen molar-refractivity contribution in [2.75, 3.05) is 12.4 Å². The summed E-state index contributed by atoms with van der Waals surface area (Å²) in [5.74, 6) is -1.59. The summed E-state index contributed by atoms with van der Waals surface area (Å²) in [6.07, 6.45) is 1.58. The highest BCUT2D eigenvalue weighted by molar-refractivity contribution is 6.10. The second kappa shape index (κ2) is 8.26. The van der Waals surface area contributed by atoms with Crippen LogP contribution in [0, 0.1) is 6.92 Å². The van der Waals surface area contributed by atoms with Crippen molar-refractivity contribution in [2.24, 2.45) is 5.73 Å². The minimum atomic E-state index is -0.655. The molecule has 0 atom stereocenters. The van der Waals surface area contributed by atoms with Crippen LogP contribution in [0.1, 0.15) is 43.1 Å². The van der Waals surface area contributed by atoms with Gasteiger partial charge in [0.15, 0.2) is 5.82 Å². The molecular weight excluding hydrogens is 416 g/mol. The molecule has 12 nitrogen and oxygen atoms in total. The zero-order chi connectivity index (χ0) is 22.8. The van der Waals surface area contributed by atoms with Crippen LogP contribution < -0.4 is 16.4 Å². The van der Waals surface area contributed by atoms with Gasteiger partial charge >= 0.3 is 11.8 Å². The van der Waals surface area contributed by atoms with Gasteiger partial charge in [-0.3, -0.25) is 19.1 Å². The van der Waals surface area contributed by atoms with Crippen molar-refractivity contribution in [3.63, 3.8) is 0 Å². The highest BCUT2D eigenvalue weighted by Crippen LogP contribution is 2.20. The molecule has 0 fully saturated rings. The van der Waals surface area contributed by atoms with Crippen LogP contribution in [0.4, 0.5) is 5.69 Å². The second-order valence-corrected chi connectivity index (χ2v) is 6.81. The average molecular weight is 434 g/mol. The number of anilines is 1. The van der Waals surface area contributed by atoms with Crippen LogP contribution in [-0.4, -0.2) is 49.7 Å². The SMILES string of the molecule is CNC(=O)c1nc(Cn2cc(NC(=O)c3cc(C(N)=O)c4ccccc4n3)c(C)n2)no1. The number of fused-ring (bicyclic) bond motifs is 1. The first-order valence-electron chi connectivity index (χ1n) is 9.45. The molecule has 12 heteroatoms.